The molecule has 174 valence electrons. The Hall–Kier alpha value is -3.59. The zero-order valence-electron chi connectivity index (χ0n) is 18.8. The fraction of sp³-hybridized carbons (Fsp3) is 0.304. The number of anilines is 1. The van der Waals surface area contributed by atoms with Gasteiger partial charge in [0.05, 0.1) is 42.2 Å². The number of aryl methyl sites for hydroxylation is 1. The van der Waals surface area contributed by atoms with Gasteiger partial charge in [0.25, 0.3) is 11.5 Å². The Balaban J connectivity index is 1.67. The van der Waals surface area contributed by atoms with Crippen LogP contribution in [0.1, 0.15) is 23.2 Å². The van der Waals surface area contributed by atoms with E-state index in [2.05, 4.69) is 10.3 Å². The van der Waals surface area contributed by atoms with Crippen LogP contribution in [-0.2, 0) is 11.3 Å². The molecule has 0 fully saturated rings. The van der Waals surface area contributed by atoms with Gasteiger partial charge in [-0.15, -0.1) is 0 Å². The quantitative estimate of drug-likeness (QED) is 0.540. The number of amides is 2. The number of nitrogens with one attached hydrogen (secondary N) is 1. The van der Waals surface area contributed by atoms with E-state index in [0.717, 1.165) is 0 Å². The monoisotopic (exact) mass is 472 g/mol. The van der Waals surface area contributed by atoms with Gasteiger partial charge in [0, 0.05) is 38.7 Å². The maximum Gasteiger partial charge on any atom is 0.261 e. The molecule has 0 saturated heterocycles. The number of fused-ring (bicyclic) bond motifs is 1. The van der Waals surface area contributed by atoms with E-state index in [1.807, 2.05) is 0 Å². The summed E-state index contributed by atoms with van der Waals surface area (Å²) in [4.78, 5) is 43.2. The van der Waals surface area contributed by atoms with Gasteiger partial charge in [-0.1, -0.05) is 11.6 Å². The SMILES string of the molecule is COc1cc2ncn(CCCC(=O)Nc3cc(C(=O)N(C)C)ccc3Cl)c(=O)c2cc1OC. The third-order valence-electron chi connectivity index (χ3n) is 5.03. The highest BCUT2D eigenvalue weighted by molar-refractivity contribution is 6.33. The van der Waals surface area contributed by atoms with Gasteiger partial charge in [-0.2, -0.15) is 0 Å². The van der Waals surface area contributed by atoms with Crippen molar-refractivity contribution in [2.75, 3.05) is 33.6 Å². The lowest BCUT2D eigenvalue weighted by Gasteiger charge is -2.13. The second-order valence-corrected chi connectivity index (χ2v) is 7.92. The summed E-state index contributed by atoms with van der Waals surface area (Å²) in [6.07, 6.45) is 2.00. The Bertz CT molecular complexity index is 1260. The number of rotatable bonds is 8. The number of aromatic nitrogens is 2. The molecule has 2 amide bonds. The fourth-order valence-electron chi connectivity index (χ4n) is 3.28. The zero-order valence-corrected chi connectivity index (χ0v) is 19.6. The second-order valence-electron chi connectivity index (χ2n) is 7.51. The molecule has 0 bridgehead atoms. The number of hydrogen-bond acceptors (Lipinski definition) is 6. The maximum absolute atomic E-state index is 12.8. The summed E-state index contributed by atoms with van der Waals surface area (Å²) in [5.74, 6) is 0.452. The van der Waals surface area contributed by atoms with Crippen LogP contribution < -0.4 is 20.3 Å². The molecule has 0 saturated carbocycles. The van der Waals surface area contributed by atoms with Gasteiger partial charge in [0.1, 0.15) is 0 Å². The van der Waals surface area contributed by atoms with Gasteiger partial charge in [-0.3, -0.25) is 19.0 Å². The molecule has 1 aromatic heterocycles. The number of carbonyl (C=O) groups is 2. The van der Waals surface area contributed by atoms with Crippen LogP contribution in [-0.4, -0.2) is 54.6 Å². The summed E-state index contributed by atoms with van der Waals surface area (Å²) in [6, 6.07) is 7.95. The highest BCUT2D eigenvalue weighted by atomic mass is 35.5. The molecule has 3 rings (SSSR count). The summed E-state index contributed by atoms with van der Waals surface area (Å²) < 4.78 is 12.0. The third kappa shape index (κ3) is 5.43. The lowest BCUT2D eigenvalue weighted by molar-refractivity contribution is -0.116. The van der Waals surface area contributed by atoms with Gasteiger partial charge in [-0.05, 0) is 30.7 Å². The summed E-state index contributed by atoms with van der Waals surface area (Å²) >= 11 is 6.16. The predicted octanol–water partition coefficient (Wildman–Crippen LogP) is 3.19. The third-order valence-corrected chi connectivity index (χ3v) is 5.36. The van der Waals surface area contributed by atoms with Crippen molar-refractivity contribution in [1.29, 1.82) is 0 Å². The first-order valence-electron chi connectivity index (χ1n) is 10.2. The number of nitrogens with zero attached hydrogens (tertiary/aromatic N) is 3. The molecule has 33 heavy (non-hydrogen) atoms. The lowest BCUT2D eigenvalue weighted by atomic mass is 10.1. The fourth-order valence-corrected chi connectivity index (χ4v) is 3.44. The average Bonchev–Trinajstić information content (AvgIpc) is 2.80. The van der Waals surface area contributed by atoms with Gasteiger partial charge in [-0.25, -0.2) is 4.98 Å². The smallest absolute Gasteiger partial charge is 0.261 e. The van der Waals surface area contributed by atoms with Crippen molar-refractivity contribution >= 4 is 40.0 Å². The molecule has 0 aliphatic rings. The molecule has 1 heterocycles. The molecule has 2 aromatic carbocycles. The van der Waals surface area contributed by atoms with Crippen molar-refractivity contribution in [2.45, 2.75) is 19.4 Å². The Labute approximate surface area is 195 Å². The summed E-state index contributed by atoms with van der Waals surface area (Å²) in [7, 11) is 6.30. The standard InChI is InChI=1S/C23H25ClN4O5/c1-27(2)22(30)14-7-8-16(24)18(10-14)26-21(29)6-5-9-28-13-25-17-12-20(33-4)19(32-3)11-15(17)23(28)31/h7-8,10-13H,5-6,9H2,1-4H3,(H,26,29). The zero-order chi connectivity index (χ0) is 24.1. The van der Waals surface area contributed by atoms with Crippen LogP contribution in [0.2, 0.25) is 5.02 Å². The predicted molar refractivity (Wildman–Crippen MR) is 126 cm³/mol. The van der Waals surface area contributed by atoms with Crippen molar-refractivity contribution < 1.29 is 19.1 Å². The molecule has 1 N–H and O–H groups in total. The van der Waals surface area contributed by atoms with Crippen LogP contribution in [0.3, 0.4) is 0 Å². The van der Waals surface area contributed by atoms with Gasteiger partial charge in [0.15, 0.2) is 11.5 Å². The molecular formula is C23H25ClN4O5. The summed E-state index contributed by atoms with van der Waals surface area (Å²) in [5.41, 5.74) is 1.04. The molecule has 0 spiro atoms. The first-order valence-corrected chi connectivity index (χ1v) is 10.5. The number of ether oxygens (including phenoxy) is 2. The average molecular weight is 473 g/mol. The van der Waals surface area contributed by atoms with Crippen molar-refractivity contribution in [3.05, 3.63) is 57.6 Å². The largest absolute Gasteiger partial charge is 0.493 e. The number of hydrogen-bond donors (Lipinski definition) is 1. The minimum Gasteiger partial charge on any atom is -0.493 e. The van der Waals surface area contributed by atoms with Gasteiger partial charge < -0.3 is 19.7 Å². The lowest BCUT2D eigenvalue weighted by Crippen LogP contribution is -2.22. The van der Waals surface area contributed by atoms with Gasteiger partial charge in [0.2, 0.25) is 5.91 Å². The molecule has 0 unspecified atom stereocenters. The van der Waals surface area contributed by atoms with Crippen LogP contribution in [0.25, 0.3) is 10.9 Å². The number of methoxy groups -OCH3 is 2. The van der Waals surface area contributed by atoms with Crippen LogP contribution >= 0.6 is 11.6 Å². The van der Waals surface area contributed by atoms with E-state index in [-0.39, 0.29) is 23.8 Å². The second kappa shape index (κ2) is 10.4. The number of halogens is 1. The first-order chi connectivity index (χ1) is 15.7. The summed E-state index contributed by atoms with van der Waals surface area (Å²) in [6.45, 7) is 0.302. The molecule has 0 aliphatic carbocycles. The number of benzene rings is 2. The molecule has 0 atom stereocenters. The van der Waals surface area contributed by atoms with E-state index in [4.69, 9.17) is 21.1 Å². The van der Waals surface area contributed by atoms with E-state index >= 15 is 0 Å². The van der Waals surface area contributed by atoms with Crippen LogP contribution in [0, 0.1) is 0 Å². The van der Waals surface area contributed by atoms with E-state index in [1.54, 1.807) is 44.4 Å². The van der Waals surface area contributed by atoms with Crippen molar-refractivity contribution in [3.8, 4) is 11.5 Å². The Morgan fingerprint density at radius 1 is 1.12 bits per heavy atom. The van der Waals surface area contributed by atoms with Gasteiger partial charge >= 0.3 is 0 Å². The van der Waals surface area contributed by atoms with Crippen LogP contribution in [0.5, 0.6) is 11.5 Å². The van der Waals surface area contributed by atoms with E-state index in [0.29, 0.717) is 51.6 Å². The van der Waals surface area contributed by atoms with Crippen LogP contribution in [0.15, 0.2) is 41.5 Å². The molecule has 0 aliphatic heterocycles. The minimum absolute atomic E-state index is 0.151. The summed E-state index contributed by atoms with van der Waals surface area (Å²) in [5, 5.41) is 3.46. The number of carbonyl (C=O) groups excluding carboxylic acids is 2. The minimum atomic E-state index is -0.278. The normalized spacial score (nSPS) is 10.7. The molecule has 10 heteroatoms. The van der Waals surface area contributed by atoms with E-state index in [1.165, 1.54) is 30.0 Å². The highest BCUT2D eigenvalue weighted by Gasteiger charge is 2.14. The Morgan fingerprint density at radius 3 is 2.48 bits per heavy atom. The van der Waals surface area contributed by atoms with Crippen LogP contribution in [0.4, 0.5) is 5.69 Å². The van der Waals surface area contributed by atoms with Crippen molar-refractivity contribution in [2.24, 2.45) is 0 Å². The Morgan fingerprint density at radius 2 is 1.82 bits per heavy atom. The Kier molecular flexibility index (Phi) is 7.55. The topological polar surface area (TPSA) is 103 Å². The molecular weight excluding hydrogens is 448 g/mol. The molecule has 3 aromatic rings. The highest BCUT2D eigenvalue weighted by Crippen LogP contribution is 2.29. The molecule has 0 radical (unpaired) electrons. The maximum atomic E-state index is 12.8. The first kappa shape index (κ1) is 24.1. The molecule has 9 nitrogen and oxygen atoms in total. The van der Waals surface area contributed by atoms with E-state index in [9.17, 15) is 14.4 Å². The van der Waals surface area contributed by atoms with E-state index < -0.39 is 0 Å². The van der Waals surface area contributed by atoms with Crippen molar-refractivity contribution in [1.82, 2.24) is 14.5 Å². The van der Waals surface area contributed by atoms with Crippen molar-refractivity contribution in [3.63, 3.8) is 0 Å².